The van der Waals surface area contributed by atoms with Gasteiger partial charge in [0.25, 0.3) is 0 Å². The van der Waals surface area contributed by atoms with E-state index in [9.17, 15) is 0 Å². The van der Waals surface area contributed by atoms with Crippen LogP contribution in [0.4, 0.5) is 5.95 Å². The molecule has 1 unspecified atom stereocenters. The molecule has 0 amide bonds. The van der Waals surface area contributed by atoms with Gasteiger partial charge >= 0.3 is 0 Å². The first-order chi connectivity index (χ1) is 7.71. The van der Waals surface area contributed by atoms with Gasteiger partial charge in [0.15, 0.2) is 0 Å². The zero-order valence-electron chi connectivity index (χ0n) is 10.3. The van der Waals surface area contributed by atoms with E-state index in [1.54, 1.807) is 0 Å². The maximum Gasteiger partial charge on any atom is 0.224 e. The first-order valence-electron chi connectivity index (χ1n) is 6.02. The Kier molecular flexibility index (Phi) is 3.42. The number of anilines is 1. The second-order valence-corrected chi connectivity index (χ2v) is 5.90. The topological polar surface area (TPSA) is 42.7 Å². The highest BCUT2D eigenvalue weighted by Gasteiger charge is 2.36. The van der Waals surface area contributed by atoms with Gasteiger partial charge in [0, 0.05) is 13.1 Å². The SMILES string of the molecule is CCNc1nnc(C2(C)CCCS2)n1CC. The summed E-state index contributed by atoms with van der Waals surface area (Å²) in [4.78, 5) is 0. The zero-order valence-corrected chi connectivity index (χ0v) is 11.1. The van der Waals surface area contributed by atoms with Crippen LogP contribution in [0.5, 0.6) is 0 Å². The lowest BCUT2D eigenvalue weighted by Crippen LogP contribution is -2.20. The summed E-state index contributed by atoms with van der Waals surface area (Å²) < 4.78 is 2.37. The van der Waals surface area contributed by atoms with Crippen LogP contribution in [0.1, 0.15) is 39.4 Å². The molecule has 1 N–H and O–H groups in total. The second kappa shape index (κ2) is 4.65. The summed E-state index contributed by atoms with van der Waals surface area (Å²) in [6.45, 7) is 8.34. The highest BCUT2D eigenvalue weighted by molar-refractivity contribution is 8.00. The van der Waals surface area contributed by atoms with Gasteiger partial charge in [0.05, 0.1) is 4.75 Å². The van der Waals surface area contributed by atoms with Crippen LogP contribution in [0.2, 0.25) is 0 Å². The first kappa shape index (κ1) is 11.8. The predicted octanol–water partition coefficient (Wildman–Crippen LogP) is 2.47. The van der Waals surface area contributed by atoms with Gasteiger partial charge in [-0.2, -0.15) is 0 Å². The molecular formula is C11H20N4S. The summed E-state index contributed by atoms with van der Waals surface area (Å²) in [6.07, 6.45) is 2.50. The number of nitrogens with one attached hydrogen (secondary N) is 1. The standard InChI is InChI=1S/C11H20N4S/c1-4-12-10-14-13-9(15(10)5-2)11(3)7-6-8-16-11/h4-8H2,1-3H3,(H,12,14). The minimum absolute atomic E-state index is 0.163. The lowest BCUT2D eigenvalue weighted by molar-refractivity contribution is 0.559. The average Bonchev–Trinajstić information content (AvgIpc) is 2.86. The highest BCUT2D eigenvalue weighted by Crippen LogP contribution is 2.45. The smallest absolute Gasteiger partial charge is 0.224 e. The molecule has 1 aromatic heterocycles. The van der Waals surface area contributed by atoms with Gasteiger partial charge in [-0.1, -0.05) is 0 Å². The van der Waals surface area contributed by atoms with Crippen molar-refractivity contribution in [2.75, 3.05) is 17.6 Å². The third-order valence-electron chi connectivity index (χ3n) is 3.09. The summed E-state index contributed by atoms with van der Waals surface area (Å²) >= 11 is 2.01. The molecule has 1 aliphatic rings. The van der Waals surface area contributed by atoms with E-state index in [1.165, 1.54) is 18.6 Å². The van der Waals surface area contributed by atoms with Crippen LogP contribution < -0.4 is 5.32 Å². The molecule has 2 heterocycles. The molecule has 4 nitrogen and oxygen atoms in total. The number of nitrogens with zero attached hydrogens (tertiary/aromatic N) is 3. The first-order valence-corrected chi connectivity index (χ1v) is 7.01. The van der Waals surface area contributed by atoms with Gasteiger partial charge in [0.1, 0.15) is 5.82 Å². The molecule has 0 spiro atoms. The molecule has 0 saturated carbocycles. The highest BCUT2D eigenvalue weighted by atomic mass is 32.2. The predicted molar refractivity (Wildman–Crippen MR) is 68.9 cm³/mol. The van der Waals surface area contributed by atoms with Crippen molar-refractivity contribution in [1.82, 2.24) is 14.8 Å². The summed E-state index contributed by atoms with van der Waals surface area (Å²) in [5.41, 5.74) is 0. The van der Waals surface area contributed by atoms with Crippen molar-refractivity contribution in [3.05, 3.63) is 5.82 Å². The fourth-order valence-electron chi connectivity index (χ4n) is 2.24. The molecule has 90 valence electrons. The molecule has 0 radical (unpaired) electrons. The van der Waals surface area contributed by atoms with Crippen molar-refractivity contribution in [3.63, 3.8) is 0 Å². The molecule has 1 fully saturated rings. The summed E-state index contributed by atoms with van der Waals surface area (Å²) in [5, 5.41) is 11.9. The van der Waals surface area contributed by atoms with Gasteiger partial charge < -0.3 is 5.32 Å². The maximum atomic E-state index is 4.39. The molecular weight excluding hydrogens is 220 g/mol. The minimum atomic E-state index is 0.163. The van der Waals surface area contributed by atoms with Crippen LogP contribution in [0.15, 0.2) is 0 Å². The van der Waals surface area contributed by atoms with E-state index in [4.69, 9.17) is 0 Å². The quantitative estimate of drug-likeness (QED) is 0.878. The maximum absolute atomic E-state index is 4.39. The number of aromatic nitrogens is 3. The number of hydrogen-bond acceptors (Lipinski definition) is 4. The van der Waals surface area contributed by atoms with Crippen LogP contribution >= 0.6 is 11.8 Å². The Morgan fingerprint density at radius 3 is 2.81 bits per heavy atom. The van der Waals surface area contributed by atoms with Gasteiger partial charge in [-0.25, -0.2) is 0 Å². The molecule has 0 aliphatic carbocycles. The van der Waals surface area contributed by atoms with E-state index in [0.717, 1.165) is 24.9 Å². The molecule has 2 rings (SSSR count). The average molecular weight is 240 g/mol. The second-order valence-electron chi connectivity index (χ2n) is 4.30. The van der Waals surface area contributed by atoms with Crippen molar-refractivity contribution >= 4 is 17.7 Å². The zero-order chi connectivity index (χ0) is 11.6. The number of hydrogen-bond donors (Lipinski definition) is 1. The summed E-state index contributed by atoms with van der Waals surface area (Å²) in [5.74, 6) is 3.28. The lowest BCUT2D eigenvalue weighted by atomic mass is 10.1. The van der Waals surface area contributed by atoms with E-state index in [-0.39, 0.29) is 4.75 Å². The van der Waals surface area contributed by atoms with E-state index in [1.807, 2.05) is 11.8 Å². The Hall–Kier alpha value is -0.710. The largest absolute Gasteiger partial charge is 0.355 e. The third-order valence-corrected chi connectivity index (χ3v) is 4.61. The molecule has 1 saturated heterocycles. The Balaban J connectivity index is 2.33. The Bertz CT molecular complexity index is 355. The fraction of sp³-hybridized carbons (Fsp3) is 0.818. The van der Waals surface area contributed by atoms with Crippen LogP contribution in [0.3, 0.4) is 0 Å². The Morgan fingerprint density at radius 2 is 2.25 bits per heavy atom. The van der Waals surface area contributed by atoms with E-state index >= 15 is 0 Å². The van der Waals surface area contributed by atoms with Crippen LogP contribution in [-0.2, 0) is 11.3 Å². The minimum Gasteiger partial charge on any atom is -0.355 e. The number of thioether (sulfide) groups is 1. The van der Waals surface area contributed by atoms with Gasteiger partial charge in [0.2, 0.25) is 5.95 Å². The summed E-state index contributed by atoms with van der Waals surface area (Å²) in [7, 11) is 0. The van der Waals surface area contributed by atoms with Crippen LogP contribution in [-0.4, -0.2) is 27.1 Å². The van der Waals surface area contributed by atoms with Gasteiger partial charge in [-0.05, 0) is 39.4 Å². The molecule has 16 heavy (non-hydrogen) atoms. The van der Waals surface area contributed by atoms with Crippen molar-refractivity contribution in [3.8, 4) is 0 Å². The summed E-state index contributed by atoms with van der Waals surface area (Å²) in [6, 6.07) is 0. The third kappa shape index (κ3) is 1.93. The van der Waals surface area contributed by atoms with E-state index < -0.39 is 0 Å². The van der Waals surface area contributed by atoms with Crippen molar-refractivity contribution < 1.29 is 0 Å². The molecule has 1 aromatic rings. The molecule has 0 bridgehead atoms. The van der Waals surface area contributed by atoms with Gasteiger partial charge in [-0.3, -0.25) is 4.57 Å². The molecule has 5 heteroatoms. The van der Waals surface area contributed by atoms with Crippen molar-refractivity contribution in [2.45, 2.75) is 44.9 Å². The van der Waals surface area contributed by atoms with Crippen molar-refractivity contribution in [1.29, 1.82) is 0 Å². The van der Waals surface area contributed by atoms with Crippen molar-refractivity contribution in [2.24, 2.45) is 0 Å². The van der Waals surface area contributed by atoms with E-state index in [0.29, 0.717) is 0 Å². The van der Waals surface area contributed by atoms with Crippen LogP contribution in [0.25, 0.3) is 0 Å². The normalized spacial score (nSPS) is 24.9. The Morgan fingerprint density at radius 1 is 1.44 bits per heavy atom. The fourth-order valence-corrected chi connectivity index (χ4v) is 3.55. The van der Waals surface area contributed by atoms with E-state index in [2.05, 4.69) is 40.9 Å². The molecule has 0 aromatic carbocycles. The van der Waals surface area contributed by atoms with Crippen LogP contribution in [0, 0.1) is 0 Å². The van der Waals surface area contributed by atoms with Gasteiger partial charge in [-0.15, -0.1) is 22.0 Å². The molecule has 1 atom stereocenters. The monoisotopic (exact) mass is 240 g/mol. The molecule has 1 aliphatic heterocycles. The number of rotatable bonds is 4. The lowest BCUT2D eigenvalue weighted by Gasteiger charge is -2.22. The Labute approximate surface area is 101 Å².